The maximum atomic E-state index is 12.1. The molecule has 0 aliphatic rings. The zero-order valence-corrected chi connectivity index (χ0v) is 14.8. The number of rotatable bonds is 6. The second-order valence-electron chi connectivity index (χ2n) is 7.52. The molecule has 0 heterocycles. The van der Waals surface area contributed by atoms with E-state index in [0.29, 0.717) is 12.0 Å². The highest BCUT2D eigenvalue weighted by molar-refractivity contribution is 6.01. The molecule has 0 amide bonds. The highest BCUT2D eigenvalue weighted by Crippen LogP contribution is 2.21. The zero-order valence-electron chi connectivity index (χ0n) is 14.8. The van der Waals surface area contributed by atoms with Crippen molar-refractivity contribution < 1.29 is 15.0 Å². The lowest BCUT2D eigenvalue weighted by atomic mass is 9.91. The first-order valence-corrected chi connectivity index (χ1v) is 8.21. The molecule has 0 saturated carbocycles. The standard InChI is InChI=1S/C21H26O3/c1-20(2,23)14-18-8-6-5-7-17(18)13-15-9-11-16(12-10-15)19(22)21(3,4)24/h5-12,23-24H,13-14H2,1-4H3. The smallest absolute Gasteiger partial charge is 0.193 e. The van der Waals surface area contributed by atoms with E-state index in [-0.39, 0.29) is 5.78 Å². The van der Waals surface area contributed by atoms with Crippen molar-refractivity contribution in [3.63, 3.8) is 0 Å². The molecule has 0 aliphatic carbocycles. The minimum Gasteiger partial charge on any atom is -0.390 e. The number of ketones is 1. The minimum absolute atomic E-state index is 0.281. The number of benzene rings is 2. The van der Waals surface area contributed by atoms with Gasteiger partial charge in [0.1, 0.15) is 5.60 Å². The molecule has 0 aromatic heterocycles. The predicted molar refractivity (Wildman–Crippen MR) is 96.3 cm³/mol. The van der Waals surface area contributed by atoms with Gasteiger partial charge in [0, 0.05) is 12.0 Å². The largest absolute Gasteiger partial charge is 0.390 e. The van der Waals surface area contributed by atoms with Crippen LogP contribution in [0.3, 0.4) is 0 Å². The van der Waals surface area contributed by atoms with E-state index >= 15 is 0 Å². The summed E-state index contributed by atoms with van der Waals surface area (Å²) >= 11 is 0. The van der Waals surface area contributed by atoms with Gasteiger partial charge in [0.2, 0.25) is 0 Å². The molecule has 24 heavy (non-hydrogen) atoms. The van der Waals surface area contributed by atoms with Crippen LogP contribution in [-0.2, 0) is 12.8 Å². The van der Waals surface area contributed by atoms with Crippen LogP contribution in [0.25, 0.3) is 0 Å². The summed E-state index contributed by atoms with van der Waals surface area (Å²) in [6.07, 6.45) is 1.34. The molecule has 3 nitrogen and oxygen atoms in total. The number of hydrogen-bond donors (Lipinski definition) is 2. The van der Waals surface area contributed by atoms with E-state index in [1.165, 1.54) is 19.4 Å². The third-order valence-electron chi connectivity index (χ3n) is 3.91. The van der Waals surface area contributed by atoms with Crippen LogP contribution in [0.1, 0.15) is 54.7 Å². The summed E-state index contributed by atoms with van der Waals surface area (Å²) in [4.78, 5) is 12.1. The van der Waals surface area contributed by atoms with Gasteiger partial charge in [-0.1, -0.05) is 48.5 Å². The van der Waals surface area contributed by atoms with E-state index in [0.717, 1.165) is 17.5 Å². The van der Waals surface area contributed by atoms with Crippen LogP contribution in [0, 0.1) is 0 Å². The number of aliphatic hydroxyl groups is 2. The van der Waals surface area contributed by atoms with Crippen molar-refractivity contribution in [2.75, 3.05) is 0 Å². The van der Waals surface area contributed by atoms with Crippen LogP contribution in [0.4, 0.5) is 0 Å². The number of carbonyl (C=O) groups excluding carboxylic acids is 1. The monoisotopic (exact) mass is 326 g/mol. The predicted octanol–water partition coefficient (Wildman–Crippen LogP) is 3.54. The van der Waals surface area contributed by atoms with Crippen molar-refractivity contribution in [3.8, 4) is 0 Å². The Hall–Kier alpha value is -1.97. The van der Waals surface area contributed by atoms with Gasteiger partial charge in [0.05, 0.1) is 5.60 Å². The zero-order chi connectivity index (χ0) is 18.0. The second kappa shape index (κ2) is 6.88. The summed E-state index contributed by atoms with van der Waals surface area (Å²) in [5.74, 6) is -0.281. The highest BCUT2D eigenvalue weighted by atomic mass is 16.3. The second-order valence-corrected chi connectivity index (χ2v) is 7.52. The summed E-state index contributed by atoms with van der Waals surface area (Å²) < 4.78 is 0. The Balaban J connectivity index is 2.19. The normalized spacial score (nSPS) is 12.2. The van der Waals surface area contributed by atoms with Gasteiger partial charge in [-0.3, -0.25) is 4.79 Å². The highest BCUT2D eigenvalue weighted by Gasteiger charge is 2.25. The Morgan fingerprint density at radius 3 is 1.92 bits per heavy atom. The summed E-state index contributed by atoms with van der Waals surface area (Å²) in [5, 5.41) is 19.9. The molecule has 128 valence electrons. The third-order valence-corrected chi connectivity index (χ3v) is 3.91. The van der Waals surface area contributed by atoms with Crippen molar-refractivity contribution in [2.24, 2.45) is 0 Å². The molecular weight excluding hydrogens is 300 g/mol. The number of Topliss-reactive ketones (excluding diaryl/α,β-unsaturated/α-hetero) is 1. The lowest BCUT2D eigenvalue weighted by Gasteiger charge is -2.19. The Labute approximate surface area is 144 Å². The maximum absolute atomic E-state index is 12.1. The molecular formula is C21H26O3. The molecule has 2 aromatic carbocycles. The Morgan fingerprint density at radius 1 is 0.875 bits per heavy atom. The van der Waals surface area contributed by atoms with Crippen LogP contribution >= 0.6 is 0 Å². The average molecular weight is 326 g/mol. The topological polar surface area (TPSA) is 57.5 Å². The van der Waals surface area contributed by atoms with Gasteiger partial charge in [0.15, 0.2) is 5.78 Å². The van der Waals surface area contributed by atoms with Crippen LogP contribution < -0.4 is 0 Å². The number of hydrogen-bond acceptors (Lipinski definition) is 3. The van der Waals surface area contributed by atoms with E-state index in [4.69, 9.17) is 0 Å². The first-order chi connectivity index (χ1) is 11.1. The fourth-order valence-electron chi connectivity index (χ4n) is 2.72. The number of carbonyl (C=O) groups is 1. The lowest BCUT2D eigenvalue weighted by Crippen LogP contribution is -2.31. The van der Waals surface area contributed by atoms with E-state index in [1.54, 1.807) is 26.0 Å². The molecule has 0 atom stereocenters. The van der Waals surface area contributed by atoms with Crippen molar-refractivity contribution in [3.05, 3.63) is 70.8 Å². The van der Waals surface area contributed by atoms with Gasteiger partial charge < -0.3 is 10.2 Å². The Kier molecular flexibility index (Phi) is 5.26. The molecule has 2 N–H and O–H groups in total. The van der Waals surface area contributed by atoms with Crippen molar-refractivity contribution in [1.82, 2.24) is 0 Å². The van der Waals surface area contributed by atoms with Crippen LogP contribution in [0.5, 0.6) is 0 Å². The van der Waals surface area contributed by atoms with Crippen LogP contribution in [0.15, 0.2) is 48.5 Å². The van der Waals surface area contributed by atoms with Crippen molar-refractivity contribution in [2.45, 2.75) is 51.7 Å². The van der Waals surface area contributed by atoms with E-state index < -0.39 is 11.2 Å². The SMILES string of the molecule is CC(C)(O)Cc1ccccc1Cc1ccc(C(=O)C(C)(C)O)cc1. The van der Waals surface area contributed by atoms with Crippen molar-refractivity contribution >= 4 is 5.78 Å². The Morgan fingerprint density at radius 2 is 1.42 bits per heavy atom. The summed E-state index contributed by atoms with van der Waals surface area (Å²) in [7, 11) is 0. The Bertz CT molecular complexity index is 701. The quantitative estimate of drug-likeness (QED) is 0.798. The van der Waals surface area contributed by atoms with Crippen LogP contribution in [-0.4, -0.2) is 27.2 Å². The lowest BCUT2D eigenvalue weighted by molar-refractivity contribution is 0.0488. The third kappa shape index (κ3) is 5.02. The molecule has 0 spiro atoms. The van der Waals surface area contributed by atoms with Gasteiger partial charge in [0.25, 0.3) is 0 Å². The van der Waals surface area contributed by atoms with Gasteiger partial charge >= 0.3 is 0 Å². The molecule has 0 unspecified atom stereocenters. The molecule has 3 heteroatoms. The summed E-state index contributed by atoms with van der Waals surface area (Å²) in [5.41, 5.74) is 1.78. The minimum atomic E-state index is -1.36. The molecule has 0 aliphatic heterocycles. The maximum Gasteiger partial charge on any atom is 0.193 e. The molecule has 2 aromatic rings. The van der Waals surface area contributed by atoms with E-state index in [2.05, 4.69) is 6.07 Å². The fraction of sp³-hybridized carbons (Fsp3) is 0.381. The summed E-state index contributed by atoms with van der Waals surface area (Å²) in [6.45, 7) is 6.61. The van der Waals surface area contributed by atoms with Crippen LogP contribution in [0.2, 0.25) is 0 Å². The van der Waals surface area contributed by atoms with Gasteiger partial charge in [-0.25, -0.2) is 0 Å². The van der Waals surface area contributed by atoms with E-state index in [1.807, 2.05) is 30.3 Å². The van der Waals surface area contributed by atoms with Gasteiger partial charge in [-0.05, 0) is 50.8 Å². The van der Waals surface area contributed by atoms with Crippen molar-refractivity contribution in [1.29, 1.82) is 0 Å². The average Bonchev–Trinajstić information content (AvgIpc) is 2.47. The molecule has 0 bridgehead atoms. The molecule has 0 fully saturated rings. The first-order valence-electron chi connectivity index (χ1n) is 8.21. The fourth-order valence-corrected chi connectivity index (χ4v) is 2.72. The summed E-state index contributed by atoms with van der Waals surface area (Å²) in [6, 6.07) is 15.4. The first kappa shape index (κ1) is 18.4. The molecule has 0 radical (unpaired) electrons. The van der Waals surface area contributed by atoms with Gasteiger partial charge in [-0.15, -0.1) is 0 Å². The molecule has 0 saturated heterocycles. The molecule has 2 rings (SSSR count). The van der Waals surface area contributed by atoms with E-state index in [9.17, 15) is 15.0 Å². The van der Waals surface area contributed by atoms with Gasteiger partial charge in [-0.2, -0.15) is 0 Å².